The lowest BCUT2D eigenvalue weighted by Gasteiger charge is -2.13. The van der Waals surface area contributed by atoms with Gasteiger partial charge in [0.2, 0.25) is 0 Å². The fraction of sp³-hybridized carbons (Fsp3) is 0. The van der Waals surface area contributed by atoms with Gasteiger partial charge in [-0.2, -0.15) is 5.10 Å². The molecule has 61 heavy (non-hydrogen) atoms. The number of pyridine rings is 1. The first kappa shape index (κ1) is 35.9. The largest absolute Gasteiger partial charge is 0.231 e. The Balaban J connectivity index is 1.09. The Morgan fingerprint density at radius 2 is 0.770 bits per heavy atom. The molecule has 3 aromatic heterocycles. The second kappa shape index (κ2) is 15.5. The van der Waals surface area contributed by atoms with E-state index in [4.69, 9.17) is 15.1 Å². The SMILES string of the molecule is c1ccc(-c2cccc(-c3cc(-c4cccc(-c5ccc6cc(-c7ccccc7)n7nc(-c8ccccc8)c(-c8ccccc8)c7c6c5)c4)nc(-c4ccccc4)n3)c2)cc1. The first-order valence-corrected chi connectivity index (χ1v) is 20.6. The third-order valence-electron chi connectivity index (χ3n) is 11.4. The number of aromatic nitrogens is 4. The Hall–Kier alpha value is -8.21. The molecule has 0 bridgehead atoms. The Morgan fingerprint density at radius 1 is 0.311 bits per heavy atom. The summed E-state index contributed by atoms with van der Waals surface area (Å²) in [6, 6.07) is 81.0. The zero-order valence-electron chi connectivity index (χ0n) is 33.2. The molecule has 11 rings (SSSR count). The highest BCUT2D eigenvalue weighted by Crippen LogP contribution is 2.42. The van der Waals surface area contributed by atoms with Gasteiger partial charge in [-0.05, 0) is 63.5 Å². The van der Waals surface area contributed by atoms with Gasteiger partial charge in [0, 0.05) is 38.8 Å². The van der Waals surface area contributed by atoms with Gasteiger partial charge in [0.25, 0.3) is 0 Å². The smallest absolute Gasteiger partial charge is 0.160 e. The summed E-state index contributed by atoms with van der Waals surface area (Å²) in [5.41, 5.74) is 16.8. The average molecular weight is 779 g/mol. The van der Waals surface area contributed by atoms with Gasteiger partial charge in [-0.25, -0.2) is 14.5 Å². The minimum Gasteiger partial charge on any atom is -0.231 e. The number of nitrogens with zero attached hydrogens (tertiary/aromatic N) is 4. The molecule has 11 aromatic rings. The molecule has 0 saturated heterocycles. The molecule has 0 spiro atoms. The fourth-order valence-electron chi connectivity index (χ4n) is 8.41. The van der Waals surface area contributed by atoms with Gasteiger partial charge >= 0.3 is 0 Å². The number of hydrogen-bond acceptors (Lipinski definition) is 3. The maximum absolute atomic E-state index is 5.43. The van der Waals surface area contributed by atoms with Gasteiger partial charge < -0.3 is 0 Å². The fourth-order valence-corrected chi connectivity index (χ4v) is 8.41. The second-order valence-corrected chi connectivity index (χ2v) is 15.3. The van der Waals surface area contributed by atoms with Gasteiger partial charge in [-0.15, -0.1) is 0 Å². The molecule has 0 aliphatic carbocycles. The van der Waals surface area contributed by atoms with Gasteiger partial charge in [0.1, 0.15) is 5.69 Å². The highest BCUT2D eigenvalue weighted by atomic mass is 15.2. The van der Waals surface area contributed by atoms with Crippen molar-refractivity contribution in [2.24, 2.45) is 0 Å². The summed E-state index contributed by atoms with van der Waals surface area (Å²) in [6.07, 6.45) is 0. The number of fused-ring (bicyclic) bond motifs is 3. The van der Waals surface area contributed by atoms with Crippen LogP contribution in [0.1, 0.15) is 0 Å². The van der Waals surface area contributed by atoms with Crippen LogP contribution in [0, 0.1) is 0 Å². The molecule has 0 aliphatic heterocycles. The van der Waals surface area contributed by atoms with Crippen molar-refractivity contribution in [3.05, 3.63) is 231 Å². The third-order valence-corrected chi connectivity index (χ3v) is 11.4. The Bertz CT molecular complexity index is 3320. The summed E-state index contributed by atoms with van der Waals surface area (Å²) in [6.45, 7) is 0. The van der Waals surface area contributed by atoms with Crippen LogP contribution in [-0.2, 0) is 0 Å². The Morgan fingerprint density at radius 3 is 1.36 bits per heavy atom. The molecular formula is C57H38N4. The van der Waals surface area contributed by atoms with Gasteiger partial charge in [0.05, 0.1) is 22.6 Å². The topological polar surface area (TPSA) is 43.1 Å². The van der Waals surface area contributed by atoms with Gasteiger partial charge in [-0.1, -0.05) is 200 Å². The van der Waals surface area contributed by atoms with E-state index >= 15 is 0 Å². The molecule has 0 amide bonds. The van der Waals surface area contributed by atoms with Crippen molar-refractivity contribution in [3.63, 3.8) is 0 Å². The summed E-state index contributed by atoms with van der Waals surface area (Å²) >= 11 is 0. The summed E-state index contributed by atoms with van der Waals surface area (Å²) in [5.74, 6) is 0.689. The summed E-state index contributed by atoms with van der Waals surface area (Å²) in [5, 5.41) is 7.71. The summed E-state index contributed by atoms with van der Waals surface area (Å²) in [4.78, 5) is 10.3. The molecule has 286 valence electrons. The highest BCUT2D eigenvalue weighted by Gasteiger charge is 2.22. The predicted molar refractivity (Wildman–Crippen MR) is 252 cm³/mol. The van der Waals surface area contributed by atoms with Crippen LogP contribution in [0.3, 0.4) is 0 Å². The van der Waals surface area contributed by atoms with Crippen LogP contribution in [0.2, 0.25) is 0 Å². The Kier molecular flexibility index (Phi) is 9.14. The molecule has 8 aromatic carbocycles. The molecule has 0 fully saturated rings. The first-order chi connectivity index (χ1) is 30.2. The van der Waals surface area contributed by atoms with E-state index in [1.807, 2.05) is 24.3 Å². The van der Waals surface area contributed by atoms with Gasteiger partial charge in [0.15, 0.2) is 5.82 Å². The van der Waals surface area contributed by atoms with Gasteiger partial charge in [-0.3, -0.25) is 0 Å². The van der Waals surface area contributed by atoms with E-state index in [1.54, 1.807) is 0 Å². The standard InChI is InChI=1S/C57H38N4/c1-6-18-39(19-7-1)44-28-16-30-48(34-44)51-38-52(59-57(58-51)43-26-14-5-15-27-43)49-31-17-29-45(35-49)46-32-33-47-37-53(40-20-8-2-9-21-40)61-56(50(47)36-46)54(41-22-10-3-11-23-41)55(60-61)42-24-12-4-13-25-42/h1-38H. The molecule has 0 aliphatic rings. The number of rotatable bonds is 8. The first-order valence-electron chi connectivity index (χ1n) is 20.6. The minimum absolute atomic E-state index is 0.689. The molecule has 0 unspecified atom stereocenters. The zero-order chi connectivity index (χ0) is 40.5. The molecule has 0 atom stereocenters. The van der Waals surface area contributed by atoms with Crippen molar-refractivity contribution in [2.75, 3.05) is 0 Å². The van der Waals surface area contributed by atoms with Crippen molar-refractivity contribution in [1.82, 2.24) is 19.6 Å². The van der Waals surface area contributed by atoms with E-state index in [0.29, 0.717) is 5.82 Å². The van der Waals surface area contributed by atoms with Crippen LogP contribution in [0.25, 0.3) is 106 Å². The summed E-state index contributed by atoms with van der Waals surface area (Å²) < 4.78 is 2.16. The van der Waals surface area contributed by atoms with E-state index in [9.17, 15) is 0 Å². The van der Waals surface area contributed by atoms with Crippen molar-refractivity contribution < 1.29 is 0 Å². The van der Waals surface area contributed by atoms with Crippen LogP contribution in [-0.4, -0.2) is 19.6 Å². The van der Waals surface area contributed by atoms with Crippen LogP contribution in [0.5, 0.6) is 0 Å². The maximum atomic E-state index is 5.43. The monoisotopic (exact) mass is 778 g/mol. The zero-order valence-corrected chi connectivity index (χ0v) is 33.2. The lowest BCUT2D eigenvalue weighted by molar-refractivity contribution is 0.979. The molecular weight excluding hydrogens is 741 g/mol. The number of hydrogen-bond donors (Lipinski definition) is 0. The molecule has 4 heteroatoms. The quantitative estimate of drug-likeness (QED) is 0.154. The number of benzene rings is 8. The van der Waals surface area contributed by atoms with Crippen LogP contribution in [0.15, 0.2) is 231 Å². The lowest BCUT2D eigenvalue weighted by Crippen LogP contribution is -1.96. The molecule has 3 heterocycles. The lowest BCUT2D eigenvalue weighted by atomic mass is 9.94. The van der Waals surface area contributed by atoms with Crippen LogP contribution >= 0.6 is 0 Å². The second-order valence-electron chi connectivity index (χ2n) is 15.3. The van der Waals surface area contributed by atoms with Crippen LogP contribution in [0.4, 0.5) is 0 Å². The molecule has 4 nitrogen and oxygen atoms in total. The van der Waals surface area contributed by atoms with E-state index in [2.05, 4.69) is 211 Å². The van der Waals surface area contributed by atoms with Crippen molar-refractivity contribution in [3.8, 4) is 89.8 Å². The predicted octanol–water partition coefficient (Wildman–Crippen LogP) is 14.6. The highest BCUT2D eigenvalue weighted by molar-refractivity contribution is 6.09. The molecule has 0 saturated carbocycles. The third kappa shape index (κ3) is 6.86. The Labute approximate surface area is 354 Å². The maximum Gasteiger partial charge on any atom is 0.160 e. The van der Waals surface area contributed by atoms with Crippen molar-refractivity contribution in [1.29, 1.82) is 0 Å². The van der Waals surface area contributed by atoms with E-state index in [-0.39, 0.29) is 0 Å². The van der Waals surface area contributed by atoms with Crippen molar-refractivity contribution >= 4 is 16.3 Å². The average Bonchev–Trinajstić information content (AvgIpc) is 3.76. The summed E-state index contributed by atoms with van der Waals surface area (Å²) in [7, 11) is 0. The van der Waals surface area contributed by atoms with E-state index in [1.165, 1.54) is 5.56 Å². The van der Waals surface area contributed by atoms with E-state index in [0.717, 1.165) is 94.7 Å². The van der Waals surface area contributed by atoms with Crippen LogP contribution < -0.4 is 0 Å². The minimum atomic E-state index is 0.689. The normalized spacial score (nSPS) is 11.3. The van der Waals surface area contributed by atoms with E-state index < -0.39 is 0 Å². The van der Waals surface area contributed by atoms with Crippen molar-refractivity contribution in [2.45, 2.75) is 0 Å². The molecule has 0 N–H and O–H groups in total. The molecule has 0 radical (unpaired) electrons.